The molecule has 2 N–H and O–H groups in total. The summed E-state index contributed by atoms with van der Waals surface area (Å²) in [5, 5.41) is 19.3. The van der Waals surface area contributed by atoms with Gasteiger partial charge >= 0.3 is 0 Å². The fourth-order valence-electron chi connectivity index (χ4n) is 2.54. The van der Waals surface area contributed by atoms with Gasteiger partial charge in [0.2, 0.25) is 16.9 Å². The molecule has 0 aromatic carbocycles. The number of nitrogens with one attached hydrogen (secondary N) is 1. The van der Waals surface area contributed by atoms with Crippen LogP contribution in [0.4, 0.5) is 5.13 Å². The van der Waals surface area contributed by atoms with Crippen molar-refractivity contribution >= 4 is 34.8 Å². The molecule has 1 aliphatic carbocycles. The molecular weight excluding hydrogens is 348 g/mol. The molecule has 0 spiro atoms. The van der Waals surface area contributed by atoms with Gasteiger partial charge in [0.05, 0.1) is 5.92 Å². The molecule has 1 unspecified atom stereocenters. The first kappa shape index (κ1) is 19.3. The first-order valence-electron chi connectivity index (χ1n) is 8.17. The number of hydrogen-bond acceptors (Lipinski definition) is 7. The van der Waals surface area contributed by atoms with Gasteiger partial charge in [0.25, 0.3) is 6.47 Å². The fraction of sp³-hybridized carbons (Fsp3) is 0.667. The van der Waals surface area contributed by atoms with E-state index in [4.69, 9.17) is 14.6 Å². The molecule has 3 rings (SSSR count). The van der Waals surface area contributed by atoms with Crippen molar-refractivity contribution in [2.75, 3.05) is 18.1 Å². The summed E-state index contributed by atoms with van der Waals surface area (Å²) in [7, 11) is 0. The van der Waals surface area contributed by atoms with E-state index in [2.05, 4.69) is 15.5 Å². The molecule has 1 aromatic rings. The number of amides is 2. The summed E-state index contributed by atoms with van der Waals surface area (Å²) in [6.45, 7) is 3.07. The lowest BCUT2D eigenvalue weighted by Gasteiger charge is -2.27. The molecule has 2 fully saturated rings. The largest absolute Gasteiger partial charge is 0.483 e. The van der Waals surface area contributed by atoms with Crippen LogP contribution in [0.5, 0.6) is 0 Å². The highest BCUT2D eigenvalue weighted by atomic mass is 32.1. The highest BCUT2D eigenvalue weighted by Gasteiger charge is 2.37. The monoisotopic (exact) mass is 370 g/mol. The zero-order chi connectivity index (χ0) is 18.2. The number of carbonyl (C=O) groups excluding carboxylic acids is 2. The molecule has 0 bridgehead atoms. The van der Waals surface area contributed by atoms with Gasteiger partial charge in [-0.05, 0) is 26.2 Å². The average molecular weight is 370 g/mol. The third-order valence-electron chi connectivity index (χ3n) is 4.06. The number of carbonyl (C=O) groups is 3. The Morgan fingerprint density at radius 2 is 2.20 bits per heavy atom. The van der Waals surface area contributed by atoms with Crippen LogP contribution < -0.4 is 10.2 Å². The average Bonchev–Trinajstić information content (AvgIpc) is 3.16. The number of carboxylic acid groups (broad SMARTS) is 1. The van der Waals surface area contributed by atoms with Crippen molar-refractivity contribution in [2.45, 2.75) is 45.3 Å². The van der Waals surface area contributed by atoms with Crippen LogP contribution in [-0.4, -0.2) is 52.8 Å². The number of ether oxygens (including phenoxy) is 1. The zero-order valence-corrected chi connectivity index (χ0v) is 14.8. The van der Waals surface area contributed by atoms with E-state index in [1.54, 1.807) is 4.90 Å². The van der Waals surface area contributed by atoms with Crippen molar-refractivity contribution in [1.29, 1.82) is 0 Å². The molecule has 1 saturated carbocycles. The maximum Gasteiger partial charge on any atom is 0.290 e. The Hall–Kier alpha value is -2.07. The van der Waals surface area contributed by atoms with Crippen molar-refractivity contribution in [2.24, 2.45) is 5.92 Å². The summed E-state index contributed by atoms with van der Waals surface area (Å²) >= 11 is 1.34. The van der Waals surface area contributed by atoms with Crippen molar-refractivity contribution in [3.63, 3.8) is 0 Å². The second kappa shape index (κ2) is 9.42. The Labute approximate surface area is 149 Å². The second-order valence-electron chi connectivity index (χ2n) is 5.76. The Morgan fingerprint density at radius 3 is 2.80 bits per heavy atom. The molecule has 0 radical (unpaired) electrons. The lowest BCUT2D eigenvalue weighted by Crippen LogP contribution is -2.43. The number of aromatic nitrogens is 2. The highest BCUT2D eigenvalue weighted by Crippen LogP contribution is 2.29. The van der Waals surface area contributed by atoms with E-state index < -0.39 is 0 Å². The summed E-state index contributed by atoms with van der Waals surface area (Å²) in [4.78, 5) is 34.2. The summed E-state index contributed by atoms with van der Waals surface area (Å²) in [5.41, 5.74) is 0. The molecule has 10 heteroatoms. The van der Waals surface area contributed by atoms with Gasteiger partial charge < -0.3 is 15.2 Å². The van der Waals surface area contributed by atoms with Gasteiger partial charge in [-0.2, -0.15) is 0 Å². The molecule has 1 aromatic heterocycles. The summed E-state index contributed by atoms with van der Waals surface area (Å²) in [6.07, 6.45) is 3.52. The normalized spacial score (nSPS) is 19.8. The van der Waals surface area contributed by atoms with E-state index in [0.717, 1.165) is 17.8 Å². The Balaban J connectivity index is 0.000000701. The minimum Gasteiger partial charge on any atom is -0.483 e. The summed E-state index contributed by atoms with van der Waals surface area (Å²) in [6, 6.07) is 0.302. The predicted octanol–water partition coefficient (Wildman–Crippen LogP) is 0.797. The number of anilines is 1. The van der Waals surface area contributed by atoms with Crippen LogP contribution in [0.25, 0.3) is 0 Å². The number of rotatable bonds is 6. The van der Waals surface area contributed by atoms with Gasteiger partial charge in [-0.15, -0.1) is 10.2 Å². The van der Waals surface area contributed by atoms with Crippen LogP contribution in [0.1, 0.15) is 37.6 Å². The minimum atomic E-state index is -0.285. The fourth-order valence-corrected chi connectivity index (χ4v) is 3.34. The van der Waals surface area contributed by atoms with Crippen LogP contribution in [0, 0.1) is 5.92 Å². The van der Waals surface area contributed by atoms with E-state index in [9.17, 15) is 9.59 Å². The van der Waals surface area contributed by atoms with Crippen LogP contribution in [0.2, 0.25) is 0 Å². The van der Waals surface area contributed by atoms with Gasteiger partial charge in [-0.25, -0.2) is 0 Å². The van der Waals surface area contributed by atoms with Crippen molar-refractivity contribution in [3.8, 4) is 0 Å². The van der Waals surface area contributed by atoms with Crippen LogP contribution >= 0.6 is 11.3 Å². The molecule has 1 aliphatic heterocycles. The maximum atomic E-state index is 12.2. The lowest BCUT2D eigenvalue weighted by molar-refractivity contribution is -0.127. The predicted molar refractivity (Wildman–Crippen MR) is 90.2 cm³/mol. The number of hydrogen-bond donors (Lipinski definition) is 2. The van der Waals surface area contributed by atoms with E-state index >= 15 is 0 Å². The SMILES string of the molecule is CCOCc1nnc(N2CC(C(=O)NC3CCC3)CC2=O)s1.O=CO. The van der Waals surface area contributed by atoms with E-state index in [1.807, 2.05) is 6.92 Å². The molecule has 138 valence electrons. The summed E-state index contributed by atoms with van der Waals surface area (Å²) in [5.74, 6) is -0.361. The third-order valence-corrected chi connectivity index (χ3v) is 4.98. The zero-order valence-electron chi connectivity index (χ0n) is 14.0. The topological polar surface area (TPSA) is 122 Å². The molecule has 2 amide bonds. The smallest absolute Gasteiger partial charge is 0.290 e. The minimum absolute atomic E-state index is 0.0143. The lowest BCUT2D eigenvalue weighted by atomic mass is 9.92. The molecular formula is C15H22N4O5S. The van der Waals surface area contributed by atoms with Gasteiger partial charge in [-0.3, -0.25) is 19.3 Å². The first-order chi connectivity index (χ1) is 12.1. The van der Waals surface area contributed by atoms with E-state index in [-0.39, 0.29) is 30.6 Å². The molecule has 2 aliphatic rings. The van der Waals surface area contributed by atoms with Crippen LogP contribution in [-0.2, 0) is 25.7 Å². The molecule has 25 heavy (non-hydrogen) atoms. The second-order valence-corrected chi connectivity index (χ2v) is 6.80. The van der Waals surface area contributed by atoms with Crippen molar-refractivity contribution in [1.82, 2.24) is 15.5 Å². The van der Waals surface area contributed by atoms with Crippen molar-refractivity contribution in [3.05, 3.63) is 5.01 Å². The van der Waals surface area contributed by atoms with Crippen LogP contribution in [0.15, 0.2) is 0 Å². The van der Waals surface area contributed by atoms with E-state index in [0.29, 0.717) is 30.9 Å². The highest BCUT2D eigenvalue weighted by molar-refractivity contribution is 7.15. The molecule has 1 atom stereocenters. The standard InChI is InChI=1S/C14H20N4O3S.CH2O2/c1-2-21-8-11-16-17-14(22-11)18-7-9(6-12(18)19)13(20)15-10-4-3-5-10;2-1-3/h9-10H,2-8H2,1H3,(H,15,20);1H,(H,2,3). The van der Waals surface area contributed by atoms with Crippen molar-refractivity contribution < 1.29 is 24.2 Å². The molecule has 1 saturated heterocycles. The summed E-state index contributed by atoms with van der Waals surface area (Å²) < 4.78 is 5.28. The maximum absolute atomic E-state index is 12.2. The Morgan fingerprint density at radius 1 is 1.48 bits per heavy atom. The number of nitrogens with zero attached hydrogens (tertiary/aromatic N) is 3. The first-order valence-corrected chi connectivity index (χ1v) is 8.99. The van der Waals surface area contributed by atoms with E-state index in [1.165, 1.54) is 17.8 Å². The third kappa shape index (κ3) is 5.20. The van der Waals surface area contributed by atoms with Crippen LogP contribution in [0.3, 0.4) is 0 Å². The van der Waals surface area contributed by atoms with Gasteiger partial charge in [0.1, 0.15) is 11.6 Å². The Bertz CT molecular complexity index is 604. The van der Waals surface area contributed by atoms with Gasteiger partial charge in [0.15, 0.2) is 0 Å². The molecule has 2 heterocycles. The Kier molecular flexibility index (Phi) is 7.26. The van der Waals surface area contributed by atoms with Gasteiger partial charge in [-0.1, -0.05) is 11.3 Å². The van der Waals surface area contributed by atoms with Gasteiger partial charge in [0, 0.05) is 25.6 Å². The quantitative estimate of drug-likeness (QED) is 0.710. The molecule has 9 nitrogen and oxygen atoms in total.